The van der Waals surface area contributed by atoms with E-state index in [2.05, 4.69) is 13.8 Å². The van der Waals surface area contributed by atoms with E-state index in [1.807, 2.05) is 0 Å². The summed E-state index contributed by atoms with van der Waals surface area (Å²) in [6.07, 6.45) is 1.37. The van der Waals surface area contributed by atoms with Gasteiger partial charge < -0.3 is 15.7 Å². The predicted octanol–water partition coefficient (Wildman–Crippen LogP) is 0.589. The molecule has 0 radical (unpaired) electrons. The first kappa shape index (κ1) is 13.5. The third-order valence-corrected chi connectivity index (χ3v) is 3.17. The first-order chi connectivity index (χ1) is 7.41. The fourth-order valence-corrected chi connectivity index (χ4v) is 2.35. The molecule has 3 N–H and O–H groups in total. The molecule has 1 fully saturated rings. The second kappa shape index (κ2) is 5.64. The third-order valence-electron chi connectivity index (χ3n) is 3.17. The fraction of sp³-hybridized carbons (Fsp3) is 0.917. The van der Waals surface area contributed by atoms with Crippen LogP contribution in [0, 0.1) is 11.8 Å². The molecule has 0 spiro atoms. The summed E-state index contributed by atoms with van der Waals surface area (Å²) in [6, 6.07) is -0.435. The lowest BCUT2D eigenvalue weighted by molar-refractivity contribution is -0.136. The quantitative estimate of drug-likeness (QED) is 0.743. The highest BCUT2D eigenvalue weighted by Gasteiger charge is 2.31. The van der Waals surface area contributed by atoms with Crippen molar-refractivity contribution in [3.63, 3.8) is 0 Å². The van der Waals surface area contributed by atoms with Crippen molar-refractivity contribution in [3.05, 3.63) is 0 Å². The number of nitrogens with zero attached hydrogens (tertiary/aromatic N) is 1. The molecule has 1 rings (SSSR count). The van der Waals surface area contributed by atoms with E-state index in [0.717, 1.165) is 6.42 Å². The van der Waals surface area contributed by atoms with Crippen molar-refractivity contribution in [2.45, 2.75) is 45.8 Å². The molecule has 0 unspecified atom stereocenters. The molecule has 94 valence electrons. The van der Waals surface area contributed by atoms with Gasteiger partial charge in [-0.25, -0.2) is 0 Å². The summed E-state index contributed by atoms with van der Waals surface area (Å²) in [4.78, 5) is 13.6. The first-order valence-electron chi connectivity index (χ1n) is 6.14. The van der Waals surface area contributed by atoms with Crippen LogP contribution in [0.2, 0.25) is 0 Å². The molecular formula is C12H24N2O2. The fourth-order valence-electron chi connectivity index (χ4n) is 2.35. The second-order valence-electron chi connectivity index (χ2n) is 5.32. The van der Waals surface area contributed by atoms with Crippen molar-refractivity contribution >= 4 is 5.91 Å². The minimum Gasteiger partial charge on any atom is -0.393 e. The number of aliphatic hydroxyl groups is 1. The number of rotatable bonds is 3. The minimum atomic E-state index is -0.435. The number of piperidine rings is 1. The number of likely N-dealkylation sites (tertiary alicyclic amines) is 1. The van der Waals surface area contributed by atoms with E-state index in [4.69, 9.17) is 5.73 Å². The molecule has 3 atom stereocenters. The molecule has 0 bridgehead atoms. The molecule has 0 aromatic carbocycles. The Labute approximate surface area is 97.8 Å². The molecule has 1 aliphatic rings. The van der Waals surface area contributed by atoms with Crippen LogP contribution in [0.5, 0.6) is 0 Å². The monoisotopic (exact) mass is 228 g/mol. The number of hydrogen-bond donors (Lipinski definition) is 2. The Hall–Kier alpha value is -0.610. The van der Waals surface area contributed by atoms with Gasteiger partial charge in [-0.3, -0.25) is 4.79 Å². The van der Waals surface area contributed by atoms with Crippen LogP contribution in [-0.2, 0) is 4.79 Å². The molecule has 0 aromatic rings. The van der Waals surface area contributed by atoms with Crippen molar-refractivity contribution in [3.8, 4) is 0 Å². The van der Waals surface area contributed by atoms with Crippen molar-refractivity contribution in [1.29, 1.82) is 0 Å². The predicted molar refractivity (Wildman–Crippen MR) is 63.8 cm³/mol. The van der Waals surface area contributed by atoms with E-state index in [-0.39, 0.29) is 17.9 Å². The molecule has 16 heavy (non-hydrogen) atoms. The lowest BCUT2D eigenvalue weighted by Gasteiger charge is -2.37. The van der Waals surface area contributed by atoms with Crippen LogP contribution in [-0.4, -0.2) is 41.1 Å². The normalized spacial score (nSPS) is 28.2. The van der Waals surface area contributed by atoms with Gasteiger partial charge in [0.15, 0.2) is 0 Å². The zero-order chi connectivity index (χ0) is 12.3. The smallest absolute Gasteiger partial charge is 0.239 e. The minimum absolute atomic E-state index is 0.000608. The molecule has 1 aliphatic heterocycles. The summed E-state index contributed by atoms with van der Waals surface area (Å²) in [5.74, 6) is 0.752. The third kappa shape index (κ3) is 3.46. The van der Waals surface area contributed by atoms with Crippen LogP contribution in [0.3, 0.4) is 0 Å². The summed E-state index contributed by atoms with van der Waals surface area (Å²) >= 11 is 0. The molecule has 0 aromatic heterocycles. The Bertz CT molecular complexity index is 241. The number of amides is 1. The molecule has 1 amide bonds. The van der Waals surface area contributed by atoms with Crippen molar-refractivity contribution in [1.82, 2.24) is 4.90 Å². The van der Waals surface area contributed by atoms with Gasteiger partial charge in [0, 0.05) is 19.0 Å². The number of carbonyl (C=O) groups excluding carboxylic acids is 1. The Balaban J connectivity index is 2.56. The highest BCUT2D eigenvalue weighted by atomic mass is 16.3. The van der Waals surface area contributed by atoms with Gasteiger partial charge in [0.25, 0.3) is 0 Å². The van der Waals surface area contributed by atoms with E-state index in [1.165, 1.54) is 0 Å². The summed E-state index contributed by atoms with van der Waals surface area (Å²) in [5, 5.41) is 9.89. The lowest BCUT2D eigenvalue weighted by atomic mass is 9.87. The Morgan fingerprint density at radius 3 is 2.62 bits per heavy atom. The van der Waals surface area contributed by atoms with E-state index in [1.54, 1.807) is 11.8 Å². The van der Waals surface area contributed by atoms with Crippen LogP contribution in [0.25, 0.3) is 0 Å². The van der Waals surface area contributed by atoms with Crippen LogP contribution in [0.15, 0.2) is 0 Å². The molecular weight excluding hydrogens is 204 g/mol. The van der Waals surface area contributed by atoms with Gasteiger partial charge in [0.1, 0.15) is 0 Å². The zero-order valence-electron chi connectivity index (χ0n) is 10.5. The highest BCUT2D eigenvalue weighted by Crippen LogP contribution is 2.24. The van der Waals surface area contributed by atoms with Crippen molar-refractivity contribution in [2.24, 2.45) is 17.6 Å². The number of aliphatic hydroxyl groups excluding tert-OH is 1. The summed E-state index contributed by atoms with van der Waals surface area (Å²) in [7, 11) is 0. The molecule has 4 nitrogen and oxygen atoms in total. The maximum atomic E-state index is 11.8. The van der Waals surface area contributed by atoms with E-state index < -0.39 is 6.04 Å². The number of carbonyl (C=O) groups is 1. The number of hydrogen-bond acceptors (Lipinski definition) is 3. The summed E-state index contributed by atoms with van der Waals surface area (Å²) < 4.78 is 0. The van der Waals surface area contributed by atoms with Crippen molar-refractivity contribution in [2.75, 3.05) is 13.1 Å². The Morgan fingerprint density at radius 2 is 2.12 bits per heavy atom. The maximum absolute atomic E-state index is 11.8. The van der Waals surface area contributed by atoms with Gasteiger partial charge in [-0.15, -0.1) is 0 Å². The average molecular weight is 228 g/mol. The maximum Gasteiger partial charge on any atom is 0.239 e. The van der Waals surface area contributed by atoms with Gasteiger partial charge in [0.05, 0.1) is 12.1 Å². The summed E-state index contributed by atoms with van der Waals surface area (Å²) in [5.41, 5.74) is 5.59. The SMILES string of the molecule is CC(C)C[C@@H]1CN(C(=O)[C@@H](C)N)CC[C@@H]1O. The Kier molecular flexibility index (Phi) is 4.74. The topological polar surface area (TPSA) is 66.6 Å². The highest BCUT2D eigenvalue weighted by molar-refractivity contribution is 5.81. The van der Waals surface area contributed by atoms with E-state index >= 15 is 0 Å². The van der Waals surface area contributed by atoms with Crippen LogP contribution >= 0.6 is 0 Å². The average Bonchev–Trinajstić information content (AvgIpc) is 2.19. The van der Waals surface area contributed by atoms with Gasteiger partial charge in [0.2, 0.25) is 5.91 Å². The van der Waals surface area contributed by atoms with Gasteiger partial charge in [-0.05, 0) is 25.7 Å². The number of nitrogens with two attached hydrogens (primary N) is 1. The molecule has 4 heteroatoms. The zero-order valence-corrected chi connectivity index (χ0v) is 10.5. The largest absolute Gasteiger partial charge is 0.393 e. The van der Waals surface area contributed by atoms with E-state index in [9.17, 15) is 9.90 Å². The molecule has 1 heterocycles. The summed E-state index contributed by atoms with van der Waals surface area (Å²) in [6.45, 7) is 7.28. The van der Waals surface area contributed by atoms with Crippen LogP contribution in [0.4, 0.5) is 0 Å². The van der Waals surface area contributed by atoms with Crippen molar-refractivity contribution < 1.29 is 9.90 Å². The lowest BCUT2D eigenvalue weighted by Crippen LogP contribution is -2.50. The first-order valence-corrected chi connectivity index (χ1v) is 6.14. The molecule has 0 aliphatic carbocycles. The van der Waals surface area contributed by atoms with Gasteiger partial charge >= 0.3 is 0 Å². The standard InChI is InChI=1S/C12H24N2O2/c1-8(2)6-10-7-14(5-4-11(10)15)12(16)9(3)13/h8-11,15H,4-7,13H2,1-3H3/t9-,10-,11+/m1/s1. The van der Waals surface area contributed by atoms with Crippen LogP contribution in [0.1, 0.15) is 33.6 Å². The second-order valence-corrected chi connectivity index (χ2v) is 5.32. The van der Waals surface area contributed by atoms with Gasteiger partial charge in [-0.1, -0.05) is 13.8 Å². The Morgan fingerprint density at radius 1 is 1.50 bits per heavy atom. The van der Waals surface area contributed by atoms with Crippen LogP contribution < -0.4 is 5.73 Å². The molecule has 0 saturated carbocycles. The van der Waals surface area contributed by atoms with Gasteiger partial charge in [-0.2, -0.15) is 0 Å². The molecule has 1 saturated heterocycles. The van der Waals surface area contributed by atoms with E-state index in [0.29, 0.717) is 25.4 Å².